The Balaban J connectivity index is 2.81. The zero-order valence-corrected chi connectivity index (χ0v) is 12.1. The molecular formula is C15H22ClNO. The molecule has 0 aliphatic rings. The molecule has 0 saturated heterocycles. The van der Waals surface area contributed by atoms with Crippen molar-refractivity contribution < 1.29 is 4.74 Å². The van der Waals surface area contributed by atoms with Gasteiger partial charge in [0.15, 0.2) is 0 Å². The summed E-state index contributed by atoms with van der Waals surface area (Å²) in [7, 11) is 0. The Bertz CT molecular complexity index is 390. The fourth-order valence-electron chi connectivity index (χ4n) is 1.77. The fraction of sp³-hybridized carbons (Fsp3) is 0.467. The summed E-state index contributed by atoms with van der Waals surface area (Å²) >= 11 is 5.50. The van der Waals surface area contributed by atoms with E-state index in [9.17, 15) is 0 Å². The Morgan fingerprint density at radius 1 is 1.44 bits per heavy atom. The minimum Gasteiger partial charge on any atom is -0.489 e. The summed E-state index contributed by atoms with van der Waals surface area (Å²) in [5, 5.41) is 3.47. The number of ether oxygens (including phenoxy) is 1. The van der Waals surface area contributed by atoms with Crippen LogP contribution in [0.3, 0.4) is 0 Å². The minimum absolute atomic E-state index is 0.292. The van der Waals surface area contributed by atoms with Gasteiger partial charge < -0.3 is 10.1 Å². The van der Waals surface area contributed by atoms with E-state index in [0.717, 1.165) is 18.7 Å². The SMILES string of the molecule is CCCNC(C)c1ccc(C)cc1OCC=CCl. The molecule has 0 saturated carbocycles. The molecule has 0 aromatic heterocycles. The first-order valence-electron chi connectivity index (χ1n) is 6.41. The van der Waals surface area contributed by atoms with Gasteiger partial charge in [0.05, 0.1) is 0 Å². The summed E-state index contributed by atoms with van der Waals surface area (Å²) in [5.41, 5.74) is 3.87. The van der Waals surface area contributed by atoms with Crippen LogP contribution in [0.4, 0.5) is 0 Å². The number of halogens is 1. The van der Waals surface area contributed by atoms with Gasteiger partial charge in [0.2, 0.25) is 0 Å². The van der Waals surface area contributed by atoms with Gasteiger partial charge in [0.1, 0.15) is 12.4 Å². The molecular weight excluding hydrogens is 246 g/mol. The van der Waals surface area contributed by atoms with Crippen molar-refractivity contribution in [3.8, 4) is 5.75 Å². The van der Waals surface area contributed by atoms with Crippen LogP contribution in [0, 0.1) is 6.92 Å². The maximum atomic E-state index is 5.75. The molecule has 18 heavy (non-hydrogen) atoms. The van der Waals surface area contributed by atoms with Gasteiger partial charge >= 0.3 is 0 Å². The number of nitrogens with one attached hydrogen (secondary N) is 1. The van der Waals surface area contributed by atoms with Crippen LogP contribution in [0.15, 0.2) is 29.8 Å². The topological polar surface area (TPSA) is 21.3 Å². The molecule has 1 atom stereocenters. The first-order valence-corrected chi connectivity index (χ1v) is 6.84. The standard InChI is InChI=1S/C15H22ClNO/c1-4-9-17-13(3)14-7-6-12(2)11-15(14)18-10-5-8-16/h5-8,11,13,17H,4,9-10H2,1-3H3. The Kier molecular flexibility index (Phi) is 6.84. The maximum Gasteiger partial charge on any atom is 0.124 e. The average Bonchev–Trinajstić information content (AvgIpc) is 2.36. The lowest BCUT2D eigenvalue weighted by molar-refractivity contribution is 0.353. The molecule has 100 valence electrons. The van der Waals surface area contributed by atoms with Gasteiger partial charge in [-0.3, -0.25) is 0 Å². The molecule has 3 heteroatoms. The largest absolute Gasteiger partial charge is 0.489 e. The van der Waals surface area contributed by atoms with Crippen LogP contribution < -0.4 is 10.1 Å². The number of hydrogen-bond donors (Lipinski definition) is 1. The zero-order valence-electron chi connectivity index (χ0n) is 11.4. The Morgan fingerprint density at radius 3 is 2.89 bits per heavy atom. The summed E-state index contributed by atoms with van der Waals surface area (Å²) in [6.45, 7) is 7.90. The van der Waals surface area contributed by atoms with E-state index < -0.39 is 0 Å². The van der Waals surface area contributed by atoms with E-state index in [4.69, 9.17) is 16.3 Å². The smallest absolute Gasteiger partial charge is 0.124 e. The van der Waals surface area contributed by atoms with Gasteiger partial charge in [-0.25, -0.2) is 0 Å². The third kappa shape index (κ3) is 4.71. The lowest BCUT2D eigenvalue weighted by atomic mass is 10.0. The lowest BCUT2D eigenvalue weighted by Crippen LogP contribution is -2.20. The van der Waals surface area contributed by atoms with E-state index in [2.05, 4.69) is 44.3 Å². The first kappa shape index (κ1) is 15.1. The molecule has 0 fully saturated rings. The van der Waals surface area contributed by atoms with Gasteiger partial charge in [-0.1, -0.05) is 30.7 Å². The number of hydrogen-bond acceptors (Lipinski definition) is 2. The van der Waals surface area contributed by atoms with Crippen molar-refractivity contribution in [2.24, 2.45) is 0 Å². The molecule has 0 heterocycles. The Morgan fingerprint density at radius 2 is 2.22 bits per heavy atom. The number of benzene rings is 1. The monoisotopic (exact) mass is 267 g/mol. The predicted octanol–water partition coefficient (Wildman–Crippen LogP) is 4.19. The Labute approximate surface area is 115 Å². The van der Waals surface area contributed by atoms with Crippen molar-refractivity contribution in [3.63, 3.8) is 0 Å². The summed E-state index contributed by atoms with van der Waals surface area (Å²) in [6, 6.07) is 6.61. The molecule has 1 rings (SSSR count). The van der Waals surface area contributed by atoms with Gasteiger partial charge in [-0.15, -0.1) is 0 Å². The van der Waals surface area contributed by atoms with Crippen LogP contribution in [-0.2, 0) is 0 Å². The molecule has 0 aliphatic heterocycles. The van der Waals surface area contributed by atoms with Crippen molar-refractivity contribution in [3.05, 3.63) is 40.9 Å². The maximum absolute atomic E-state index is 5.75. The third-order valence-electron chi connectivity index (χ3n) is 2.76. The van der Waals surface area contributed by atoms with Crippen LogP contribution in [0.1, 0.15) is 37.4 Å². The second-order valence-corrected chi connectivity index (χ2v) is 4.64. The molecule has 1 N–H and O–H groups in total. The highest BCUT2D eigenvalue weighted by Crippen LogP contribution is 2.26. The predicted molar refractivity (Wildman–Crippen MR) is 78.4 cm³/mol. The van der Waals surface area contributed by atoms with Crippen molar-refractivity contribution in [2.75, 3.05) is 13.2 Å². The molecule has 1 aromatic rings. The fourth-order valence-corrected chi connectivity index (χ4v) is 1.84. The van der Waals surface area contributed by atoms with Gasteiger partial charge in [-0.05, 0) is 44.5 Å². The second kappa shape index (κ2) is 8.17. The molecule has 0 amide bonds. The highest BCUT2D eigenvalue weighted by molar-refractivity contribution is 6.25. The van der Waals surface area contributed by atoms with Crippen molar-refractivity contribution >= 4 is 11.6 Å². The Hall–Kier alpha value is -0.990. The van der Waals surface area contributed by atoms with E-state index in [0.29, 0.717) is 12.6 Å². The molecule has 0 bridgehead atoms. The zero-order chi connectivity index (χ0) is 13.4. The summed E-state index contributed by atoms with van der Waals surface area (Å²) in [6.07, 6.45) is 2.92. The molecule has 2 nitrogen and oxygen atoms in total. The molecule has 0 spiro atoms. The summed E-state index contributed by atoms with van der Waals surface area (Å²) < 4.78 is 5.75. The van der Waals surface area contributed by atoms with Crippen LogP contribution in [0.5, 0.6) is 5.75 Å². The second-order valence-electron chi connectivity index (χ2n) is 4.39. The minimum atomic E-state index is 0.292. The average molecular weight is 268 g/mol. The molecule has 0 radical (unpaired) electrons. The van der Waals surface area contributed by atoms with Crippen molar-refractivity contribution in [1.29, 1.82) is 0 Å². The van der Waals surface area contributed by atoms with Gasteiger partial charge in [-0.2, -0.15) is 0 Å². The van der Waals surface area contributed by atoms with E-state index in [1.54, 1.807) is 6.08 Å². The highest BCUT2D eigenvalue weighted by Gasteiger charge is 2.10. The van der Waals surface area contributed by atoms with Crippen LogP contribution in [-0.4, -0.2) is 13.2 Å². The van der Waals surface area contributed by atoms with E-state index in [1.165, 1.54) is 16.7 Å². The summed E-state index contributed by atoms with van der Waals surface area (Å²) in [4.78, 5) is 0. The van der Waals surface area contributed by atoms with Crippen molar-refractivity contribution in [2.45, 2.75) is 33.2 Å². The number of rotatable bonds is 7. The van der Waals surface area contributed by atoms with E-state index in [1.807, 2.05) is 0 Å². The van der Waals surface area contributed by atoms with Crippen LogP contribution in [0.2, 0.25) is 0 Å². The van der Waals surface area contributed by atoms with Crippen LogP contribution >= 0.6 is 11.6 Å². The summed E-state index contributed by atoms with van der Waals surface area (Å²) in [5.74, 6) is 0.931. The van der Waals surface area contributed by atoms with E-state index in [-0.39, 0.29) is 0 Å². The first-order chi connectivity index (χ1) is 8.69. The molecule has 1 unspecified atom stereocenters. The van der Waals surface area contributed by atoms with E-state index >= 15 is 0 Å². The third-order valence-corrected chi connectivity index (χ3v) is 2.94. The molecule has 1 aromatic carbocycles. The molecule has 0 aliphatic carbocycles. The normalized spacial score (nSPS) is 12.9. The lowest BCUT2D eigenvalue weighted by Gasteiger charge is -2.18. The van der Waals surface area contributed by atoms with Crippen molar-refractivity contribution in [1.82, 2.24) is 5.32 Å². The highest BCUT2D eigenvalue weighted by atomic mass is 35.5. The van der Waals surface area contributed by atoms with Gasteiger partial charge in [0.25, 0.3) is 0 Å². The van der Waals surface area contributed by atoms with Crippen LogP contribution in [0.25, 0.3) is 0 Å². The van der Waals surface area contributed by atoms with Gasteiger partial charge in [0, 0.05) is 17.1 Å². The number of aryl methyl sites for hydroxylation is 1. The quantitative estimate of drug-likeness (QED) is 0.800.